The predicted octanol–water partition coefficient (Wildman–Crippen LogP) is 4.17. The van der Waals surface area contributed by atoms with E-state index in [1.165, 1.54) is 30.1 Å². The highest BCUT2D eigenvalue weighted by Crippen LogP contribution is 2.38. The molecule has 4 amide bonds. The van der Waals surface area contributed by atoms with E-state index in [1.54, 1.807) is 6.92 Å². The second-order valence-electron chi connectivity index (χ2n) is 9.33. The highest BCUT2D eigenvalue weighted by molar-refractivity contribution is 6.00. The Morgan fingerprint density at radius 3 is 2.24 bits per heavy atom. The zero-order chi connectivity index (χ0) is 30.0. The summed E-state index contributed by atoms with van der Waals surface area (Å²) in [6.45, 7) is -0.0806. The molecule has 0 unspecified atom stereocenters. The van der Waals surface area contributed by atoms with E-state index in [0.717, 1.165) is 17.0 Å². The number of nitrogens with zero attached hydrogens (tertiary/aromatic N) is 2. The summed E-state index contributed by atoms with van der Waals surface area (Å²) in [5, 5.41) is 13.5. The molecule has 1 atom stereocenters. The molecule has 0 radical (unpaired) electrons. The first kappa shape index (κ1) is 29.5. The van der Waals surface area contributed by atoms with Gasteiger partial charge in [0, 0.05) is 49.0 Å². The Kier molecular flexibility index (Phi) is 8.57. The van der Waals surface area contributed by atoms with Crippen LogP contribution in [-0.2, 0) is 13.1 Å². The number of benzene rings is 3. The molecular weight excluding hydrogens is 551 g/mol. The van der Waals surface area contributed by atoms with E-state index in [2.05, 4.69) is 10.6 Å². The number of fused-ring (bicyclic) bond motifs is 1. The molecule has 3 aromatic rings. The summed E-state index contributed by atoms with van der Waals surface area (Å²) in [6, 6.07) is 5.90. The Morgan fingerprint density at radius 1 is 0.902 bits per heavy atom. The third kappa shape index (κ3) is 5.85. The third-order valence-electron chi connectivity index (χ3n) is 6.82. The van der Waals surface area contributed by atoms with Gasteiger partial charge in [-0.1, -0.05) is 6.07 Å². The van der Waals surface area contributed by atoms with E-state index >= 15 is 4.39 Å². The number of amides is 4. The van der Waals surface area contributed by atoms with Crippen LogP contribution < -0.4 is 15.5 Å². The predicted molar refractivity (Wildman–Crippen MR) is 137 cm³/mol. The van der Waals surface area contributed by atoms with Crippen molar-refractivity contribution >= 4 is 23.5 Å². The molecule has 13 heteroatoms. The Balaban J connectivity index is 1.67. The number of rotatable bonds is 8. The first-order valence-corrected chi connectivity index (χ1v) is 12.4. The van der Waals surface area contributed by atoms with Crippen LogP contribution in [0.1, 0.15) is 50.4 Å². The Bertz CT molecular complexity index is 1510. The van der Waals surface area contributed by atoms with Crippen LogP contribution in [0.5, 0.6) is 0 Å². The minimum absolute atomic E-state index is 0.0284. The van der Waals surface area contributed by atoms with Gasteiger partial charge in [-0.3, -0.25) is 14.5 Å². The number of urea groups is 1. The van der Waals surface area contributed by atoms with E-state index in [9.17, 15) is 31.9 Å². The lowest BCUT2D eigenvalue weighted by Gasteiger charge is -2.39. The number of halogens is 5. The van der Waals surface area contributed by atoms with Gasteiger partial charge in [0.2, 0.25) is 0 Å². The van der Waals surface area contributed by atoms with Gasteiger partial charge in [0.25, 0.3) is 11.8 Å². The third-order valence-corrected chi connectivity index (χ3v) is 6.82. The Hall–Kier alpha value is -4.52. The molecule has 0 aromatic heterocycles. The first-order chi connectivity index (χ1) is 19.4. The summed E-state index contributed by atoms with van der Waals surface area (Å²) < 4.78 is 71.4. The quantitative estimate of drug-likeness (QED) is 0.351. The van der Waals surface area contributed by atoms with Crippen LogP contribution in [0.4, 0.5) is 32.4 Å². The second kappa shape index (κ2) is 11.9. The number of nitrogens with one attached hydrogen (secondary N) is 2. The van der Waals surface area contributed by atoms with Crippen molar-refractivity contribution in [2.45, 2.75) is 26.1 Å². The van der Waals surface area contributed by atoms with Crippen molar-refractivity contribution in [1.29, 1.82) is 0 Å². The average molecular weight is 577 g/mol. The van der Waals surface area contributed by atoms with Crippen LogP contribution in [0.25, 0.3) is 0 Å². The molecule has 41 heavy (non-hydrogen) atoms. The van der Waals surface area contributed by atoms with Crippen molar-refractivity contribution in [1.82, 2.24) is 15.5 Å². The van der Waals surface area contributed by atoms with Gasteiger partial charge in [-0.05, 0) is 36.8 Å². The molecule has 3 N–H and O–H groups in total. The molecular formula is C28H25F5N4O4. The van der Waals surface area contributed by atoms with Crippen molar-refractivity contribution in [3.05, 3.63) is 99.4 Å². The smallest absolute Gasteiger partial charge is 0.325 e. The number of aliphatic hydroxyl groups is 1. The molecule has 216 valence electrons. The van der Waals surface area contributed by atoms with Crippen LogP contribution in [0, 0.1) is 29.1 Å². The number of hydrogen-bond acceptors (Lipinski definition) is 4. The SMILES string of the molecule is C[C@H]1c2ccc(C(=O)NCc3c(F)cc(F)cc3F)cc2N(Cc2c(F)ccc(C(=O)NCCO)c2F)C(=O)N1C. The van der Waals surface area contributed by atoms with E-state index in [-0.39, 0.29) is 17.8 Å². The Labute approximate surface area is 231 Å². The van der Waals surface area contributed by atoms with Crippen LogP contribution in [-0.4, -0.2) is 48.1 Å². The van der Waals surface area contributed by atoms with Crippen molar-refractivity contribution in [2.24, 2.45) is 0 Å². The van der Waals surface area contributed by atoms with Crippen LogP contribution in [0.15, 0.2) is 42.5 Å². The fourth-order valence-electron chi connectivity index (χ4n) is 4.44. The minimum atomic E-state index is -1.20. The Morgan fingerprint density at radius 2 is 1.59 bits per heavy atom. The summed E-state index contributed by atoms with van der Waals surface area (Å²) in [6.07, 6.45) is 0. The molecule has 4 rings (SSSR count). The largest absolute Gasteiger partial charge is 0.395 e. The van der Waals surface area contributed by atoms with Crippen molar-refractivity contribution in [3.63, 3.8) is 0 Å². The molecule has 8 nitrogen and oxygen atoms in total. The fraction of sp³-hybridized carbons (Fsp3) is 0.250. The molecule has 0 bridgehead atoms. The monoisotopic (exact) mass is 576 g/mol. The fourth-order valence-corrected chi connectivity index (χ4v) is 4.44. The number of aliphatic hydroxyl groups excluding tert-OH is 1. The molecule has 1 aliphatic heterocycles. The topological polar surface area (TPSA) is 102 Å². The number of anilines is 1. The van der Waals surface area contributed by atoms with Gasteiger partial charge in [0.1, 0.15) is 29.1 Å². The highest BCUT2D eigenvalue weighted by Gasteiger charge is 2.35. The van der Waals surface area contributed by atoms with Crippen LogP contribution >= 0.6 is 0 Å². The molecule has 0 aliphatic carbocycles. The molecule has 0 saturated carbocycles. The van der Waals surface area contributed by atoms with Gasteiger partial charge < -0.3 is 20.6 Å². The van der Waals surface area contributed by atoms with Crippen molar-refractivity contribution < 1.29 is 41.4 Å². The first-order valence-electron chi connectivity index (χ1n) is 12.4. The minimum Gasteiger partial charge on any atom is -0.395 e. The summed E-state index contributed by atoms with van der Waals surface area (Å²) in [4.78, 5) is 40.8. The van der Waals surface area contributed by atoms with Crippen LogP contribution in [0.3, 0.4) is 0 Å². The summed E-state index contributed by atoms with van der Waals surface area (Å²) in [5.41, 5.74) is -0.966. The molecule has 0 spiro atoms. The second-order valence-corrected chi connectivity index (χ2v) is 9.33. The van der Waals surface area contributed by atoms with Gasteiger partial charge >= 0.3 is 6.03 Å². The zero-order valence-electron chi connectivity index (χ0n) is 21.9. The lowest BCUT2D eigenvalue weighted by atomic mass is 9.98. The van der Waals surface area contributed by atoms with Crippen LogP contribution in [0.2, 0.25) is 0 Å². The van der Waals surface area contributed by atoms with E-state index < -0.39 is 89.4 Å². The summed E-state index contributed by atoms with van der Waals surface area (Å²) in [7, 11) is 1.49. The van der Waals surface area contributed by atoms with E-state index in [1.807, 2.05) is 0 Å². The molecule has 0 saturated heterocycles. The maximum absolute atomic E-state index is 15.3. The number of hydrogen-bond donors (Lipinski definition) is 3. The molecule has 0 fully saturated rings. The summed E-state index contributed by atoms with van der Waals surface area (Å²) >= 11 is 0. The zero-order valence-corrected chi connectivity index (χ0v) is 21.9. The lowest BCUT2D eigenvalue weighted by Crippen LogP contribution is -2.47. The standard InChI is InChI=1S/C28H25F5N4O4/c1-14-17-4-3-15(26(39)35-12-19-22(31)10-16(29)11-23(19)32)9-24(17)37(28(41)36(14)2)13-20-21(30)6-5-18(25(20)33)27(40)34-7-8-38/h3-6,9-11,14,38H,7-8,12-13H2,1-2H3,(H,34,40)(H,35,39)/t14-/m0/s1. The number of carbonyl (C=O) groups excluding carboxylic acids is 3. The maximum Gasteiger partial charge on any atom is 0.325 e. The van der Waals surface area contributed by atoms with Gasteiger partial charge in [-0.25, -0.2) is 26.7 Å². The number of carbonyl (C=O) groups is 3. The van der Waals surface area contributed by atoms with E-state index in [0.29, 0.717) is 17.7 Å². The molecule has 1 aliphatic rings. The van der Waals surface area contributed by atoms with Gasteiger partial charge in [0.15, 0.2) is 0 Å². The molecule has 1 heterocycles. The van der Waals surface area contributed by atoms with Gasteiger partial charge in [0.05, 0.1) is 30.4 Å². The molecule has 3 aromatic carbocycles. The maximum atomic E-state index is 15.3. The highest BCUT2D eigenvalue weighted by atomic mass is 19.2. The van der Waals surface area contributed by atoms with E-state index in [4.69, 9.17) is 5.11 Å². The van der Waals surface area contributed by atoms with Gasteiger partial charge in [-0.15, -0.1) is 0 Å². The van der Waals surface area contributed by atoms with Gasteiger partial charge in [-0.2, -0.15) is 0 Å². The average Bonchev–Trinajstić information content (AvgIpc) is 2.93. The normalized spacial score (nSPS) is 14.6. The summed E-state index contributed by atoms with van der Waals surface area (Å²) in [5.74, 6) is -7.37. The lowest BCUT2D eigenvalue weighted by molar-refractivity contribution is 0.0936. The van der Waals surface area contributed by atoms with Crippen molar-refractivity contribution in [3.8, 4) is 0 Å². The van der Waals surface area contributed by atoms with Crippen molar-refractivity contribution in [2.75, 3.05) is 25.1 Å².